The van der Waals surface area contributed by atoms with Crippen molar-refractivity contribution in [1.82, 2.24) is 15.6 Å². The molecule has 0 amide bonds. The molecule has 0 aliphatic carbocycles. The van der Waals surface area contributed by atoms with Gasteiger partial charge in [0.25, 0.3) is 0 Å². The van der Waals surface area contributed by atoms with Crippen molar-refractivity contribution in [2.24, 2.45) is 4.99 Å². The highest BCUT2D eigenvalue weighted by atomic mass is 127. The third kappa shape index (κ3) is 9.21. The molecule has 176 valence electrons. The number of ether oxygens (including phenoxy) is 2. The van der Waals surface area contributed by atoms with Crippen LogP contribution >= 0.6 is 24.0 Å². The number of para-hydroxylation sites is 1. The normalized spacial score (nSPS) is 11.0. The van der Waals surface area contributed by atoms with E-state index in [-0.39, 0.29) is 29.7 Å². The Morgan fingerprint density at radius 1 is 1.03 bits per heavy atom. The molecule has 0 aliphatic rings. The molecular formula is C24H27F2IN4O2. The van der Waals surface area contributed by atoms with Gasteiger partial charge >= 0.3 is 6.61 Å². The molecule has 2 aromatic carbocycles. The number of hydrogen-bond acceptors (Lipinski definition) is 4. The van der Waals surface area contributed by atoms with E-state index in [2.05, 4.69) is 25.3 Å². The van der Waals surface area contributed by atoms with Crippen LogP contribution in [0.1, 0.15) is 23.7 Å². The summed E-state index contributed by atoms with van der Waals surface area (Å²) in [6, 6.07) is 20.1. The predicted octanol–water partition coefficient (Wildman–Crippen LogP) is 5.14. The quantitative estimate of drug-likeness (QED) is 0.202. The third-order valence-corrected chi connectivity index (χ3v) is 4.41. The number of aliphatic imine (C=N–C) groups is 1. The van der Waals surface area contributed by atoms with E-state index in [0.29, 0.717) is 37.8 Å². The van der Waals surface area contributed by atoms with Crippen molar-refractivity contribution in [3.05, 3.63) is 89.7 Å². The molecule has 1 aromatic heterocycles. The molecule has 0 fully saturated rings. The van der Waals surface area contributed by atoms with E-state index in [9.17, 15) is 8.78 Å². The first-order valence-corrected chi connectivity index (χ1v) is 10.3. The van der Waals surface area contributed by atoms with E-state index < -0.39 is 6.61 Å². The van der Waals surface area contributed by atoms with Crippen LogP contribution in [0.4, 0.5) is 8.78 Å². The monoisotopic (exact) mass is 568 g/mol. The summed E-state index contributed by atoms with van der Waals surface area (Å²) in [5, 5.41) is 6.31. The van der Waals surface area contributed by atoms with Crippen LogP contribution in [0.5, 0.6) is 11.5 Å². The fraction of sp³-hybridized carbons (Fsp3) is 0.250. The number of hydrogen-bond donors (Lipinski definition) is 2. The standard InChI is InChI=1S/C24H26F2N4O2.HI/c1-2-27-24(30-16-19-9-3-4-12-22(19)32-23(25)26)29-15-18-8-7-11-21(14-18)31-17-20-10-5-6-13-28-20;/h3-14,23H,2,15-17H2,1H3,(H2,27,29,30);1H. The lowest BCUT2D eigenvalue weighted by Crippen LogP contribution is -2.36. The number of rotatable bonds is 10. The SMILES string of the molecule is CCNC(=NCc1cccc(OCc2ccccn2)c1)NCc1ccccc1OC(F)F.I. The van der Waals surface area contributed by atoms with Crippen molar-refractivity contribution in [3.63, 3.8) is 0 Å². The number of benzene rings is 2. The molecule has 0 atom stereocenters. The van der Waals surface area contributed by atoms with Crippen molar-refractivity contribution < 1.29 is 18.3 Å². The summed E-state index contributed by atoms with van der Waals surface area (Å²) in [7, 11) is 0. The predicted molar refractivity (Wildman–Crippen MR) is 135 cm³/mol. The van der Waals surface area contributed by atoms with E-state index in [1.165, 1.54) is 6.07 Å². The first-order chi connectivity index (χ1) is 15.6. The second-order valence-electron chi connectivity index (χ2n) is 6.79. The molecule has 0 unspecified atom stereocenters. The maximum Gasteiger partial charge on any atom is 0.387 e. The molecule has 0 bridgehead atoms. The highest BCUT2D eigenvalue weighted by Gasteiger charge is 2.09. The maximum atomic E-state index is 12.6. The van der Waals surface area contributed by atoms with Gasteiger partial charge in [0.15, 0.2) is 5.96 Å². The van der Waals surface area contributed by atoms with E-state index in [4.69, 9.17) is 4.74 Å². The first kappa shape index (κ1) is 26.3. The smallest absolute Gasteiger partial charge is 0.387 e. The number of pyridine rings is 1. The van der Waals surface area contributed by atoms with Gasteiger partial charge in [0, 0.05) is 24.8 Å². The van der Waals surface area contributed by atoms with Crippen LogP contribution in [0.15, 0.2) is 77.9 Å². The molecule has 0 aliphatic heterocycles. The lowest BCUT2D eigenvalue weighted by atomic mass is 10.2. The van der Waals surface area contributed by atoms with Crippen molar-refractivity contribution in [3.8, 4) is 11.5 Å². The van der Waals surface area contributed by atoms with E-state index in [1.807, 2.05) is 49.4 Å². The average molecular weight is 568 g/mol. The van der Waals surface area contributed by atoms with Crippen LogP contribution in [0.25, 0.3) is 0 Å². The molecule has 6 nitrogen and oxygen atoms in total. The lowest BCUT2D eigenvalue weighted by Gasteiger charge is -2.14. The van der Waals surface area contributed by atoms with E-state index in [0.717, 1.165) is 17.0 Å². The molecule has 3 rings (SSSR count). The van der Waals surface area contributed by atoms with Crippen LogP contribution < -0.4 is 20.1 Å². The summed E-state index contributed by atoms with van der Waals surface area (Å²) >= 11 is 0. The zero-order chi connectivity index (χ0) is 22.6. The highest BCUT2D eigenvalue weighted by molar-refractivity contribution is 14.0. The van der Waals surface area contributed by atoms with Gasteiger partial charge in [0.05, 0.1) is 12.2 Å². The Morgan fingerprint density at radius 3 is 2.61 bits per heavy atom. The van der Waals surface area contributed by atoms with Gasteiger partial charge in [-0.2, -0.15) is 8.78 Å². The van der Waals surface area contributed by atoms with Gasteiger partial charge in [-0.25, -0.2) is 4.99 Å². The third-order valence-electron chi connectivity index (χ3n) is 4.41. The van der Waals surface area contributed by atoms with Gasteiger partial charge in [0.1, 0.15) is 18.1 Å². The molecule has 2 N–H and O–H groups in total. The number of nitrogens with one attached hydrogen (secondary N) is 2. The fourth-order valence-corrected chi connectivity index (χ4v) is 2.93. The van der Waals surface area contributed by atoms with Crippen molar-refractivity contribution >= 4 is 29.9 Å². The Bertz CT molecular complexity index is 1010. The van der Waals surface area contributed by atoms with Gasteiger partial charge in [-0.15, -0.1) is 24.0 Å². The Labute approximate surface area is 209 Å². The largest absolute Gasteiger partial charge is 0.487 e. The molecule has 3 aromatic rings. The van der Waals surface area contributed by atoms with E-state index in [1.54, 1.807) is 24.4 Å². The number of halogens is 3. The van der Waals surface area contributed by atoms with Crippen LogP contribution in [0.3, 0.4) is 0 Å². The molecular weight excluding hydrogens is 541 g/mol. The number of guanidine groups is 1. The molecule has 0 saturated carbocycles. The fourth-order valence-electron chi connectivity index (χ4n) is 2.93. The van der Waals surface area contributed by atoms with Gasteiger partial charge in [-0.1, -0.05) is 36.4 Å². The van der Waals surface area contributed by atoms with Crippen molar-refractivity contribution in [2.45, 2.75) is 33.2 Å². The summed E-state index contributed by atoms with van der Waals surface area (Å²) < 4.78 is 35.6. The van der Waals surface area contributed by atoms with Gasteiger partial charge in [-0.05, 0) is 42.8 Å². The minimum absolute atomic E-state index is 0. The first-order valence-electron chi connectivity index (χ1n) is 10.3. The average Bonchev–Trinajstić information content (AvgIpc) is 2.81. The molecule has 1 heterocycles. The van der Waals surface area contributed by atoms with E-state index >= 15 is 0 Å². The molecule has 0 saturated heterocycles. The Kier molecular flexibility index (Phi) is 11.4. The van der Waals surface area contributed by atoms with Crippen LogP contribution in [-0.4, -0.2) is 24.1 Å². The highest BCUT2D eigenvalue weighted by Crippen LogP contribution is 2.20. The second-order valence-corrected chi connectivity index (χ2v) is 6.79. The Balaban J connectivity index is 0.00000385. The summed E-state index contributed by atoms with van der Waals surface area (Å²) in [6.07, 6.45) is 1.73. The maximum absolute atomic E-state index is 12.6. The second kappa shape index (κ2) is 14.2. The Morgan fingerprint density at radius 2 is 1.85 bits per heavy atom. The number of nitrogens with zero attached hydrogens (tertiary/aromatic N) is 2. The lowest BCUT2D eigenvalue weighted by molar-refractivity contribution is -0.0504. The van der Waals surface area contributed by atoms with Crippen LogP contribution in [0.2, 0.25) is 0 Å². The van der Waals surface area contributed by atoms with Gasteiger partial charge < -0.3 is 20.1 Å². The summed E-state index contributed by atoms with van der Waals surface area (Å²) in [5.74, 6) is 1.45. The van der Waals surface area contributed by atoms with Gasteiger partial charge in [0.2, 0.25) is 0 Å². The molecule has 0 radical (unpaired) electrons. The number of alkyl halides is 2. The molecule has 33 heavy (non-hydrogen) atoms. The van der Waals surface area contributed by atoms with Crippen molar-refractivity contribution in [2.75, 3.05) is 6.54 Å². The van der Waals surface area contributed by atoms with Gasteiger partial charge in [-0.3, -0.25) is 4.98 Å². The summed E-state index contributed by atoms with van der Waals surface area (Å²) in [6.45, 7) is 0.849. The zero-order valence-corrected chi connectivity index (χ0v) is 20.5. The van der Waals surface area contributed by atoms with Crippen LogP contribution in [-0.2, 0) is 19.7 Å². The Hall–Kier alpha value is -2.95. The topological polar surface area (TPSA) is 67.8 Å². The molecule has 0 spiro atoms. The molecule has 9 heteroatoms. The summed E-state index contributed by atoms with van der Waals surface area (Å²) in [4.78, 5) is 8.84. The minimum atomic E-state index is -2.87. The zero-order valence-electron chi connectivity index (χ0n) is 18.2. The summed E-state index contributed by atoms with van der Waals surface area (Å²) in [5.41, 5.74) is 2.44. The number of aromatic nitrogens is 1. The van der Waals surface area contributed by atoms with Crippen LogP contribution in [0, 0.1) is 0 Å². The minimum Gasteiger partial charge on any atom is -0.487 e. The van der Waals surface area contributed by atoms with Crippen molar-refractivity contribution in [1.29, 1.82) is 0 Å².